The molecule has 0 saturated heterocycles. The van der Waals surface area contributed by atoms with E-state index in [4.69, 9.17) is 9.90 Å². The van der Waals surface area contributed by atoms with Gasteiger partial charge in [-0.3, -0.25) is 0 Å². The molecular formula is C11H25NO3. The van der Waals surface area contributed by atoms with Crippen LogP contribution in [0.2, 0.25) is 0 Å². The van der Waals surface area contributed by atoms with Crippen molar-refractivity contribution in [2.45, 2.75) is 47.0 Å². The predicted molar refractivity (Wildman–Crippen MR) is 58.2 cm³/mol. The Morgan fingerprint density at radius 3 is 1.40 bits per heavy atom. The summed E-state index contributed by atoms with van der Waals surface area (Å²) in [5, 5.41) is 18.8. The third kappa shape index (κ3) is 13.4. The van der Waals surface area contributed by atoms with Gasteiger partial charge in [0.2, 0.25) is 0 Å². The summed E-state index contributed by atoms with van der Waals surface area (Å²) in [4.78, 5) is 8.89. The highest BCUT2D eigenvalue weighted by atomic mass is 16.5. The van der Waals surface area contributed by atoms with E-state index in [1.807, 2.05) is 0 Å². The second-order valence-electron chi connectivity index (χ2n) is 3.76. The molecule has 0 spiro atoms. The number of hydroxylamine groups is 3. The summed E-state index contributed by atoms with van der Waals surface area (Å²) in [6.07, 6.45) is 3.20. The molecular weight excluding hydrogens is 194 g/mol. The van der Waals surface area contributed by atoms with Crippen LogP contribution in [-0.2, 0) is 4.79 Å². The minimum absolute atomic E-state index is 0.281. The molecule has 4 nitrogen and oxygen atoms in total. The molecule has 0 unspecified atom stereocenters. The highest BCUT2D eigenvalue weighted by Crippen LogP contribution is 2.06. The molecule has 0 saturated carbocycles. The van der Waals surface area contributed by atoms with E-state index in [0.29, 0.717) is 0 Å². The molecule has 0 bridgehead atoms. The van der Waals surface area contributed by atoms with Crippen molar-refractivity contribution in [3.8, 4) is 0 Å². The summed E-state index contributed by atoms with van der Waals surface area (Å²) in [5.74, 6) is -1.08. The van der Waals surface area contributed by atoms with Gasteiger partial charge in [0, 0.05) is 5.97 Å². The number of carbonyl (C=O) groups excluding carboxylic acids is 1. The van der Waals surface area contributed by atoms with Crippen LogP contribution in [0.25, 0.3) is 0 Å². The van der Waals surface area contributed by atoms with Crippen molar-refractivity contribution in [1.82, 2.24) is 0 Å². The van der Waals surface area contributed by atoms with Gasteiger partial charge in [-0.15, -0.1) is 0 Å². The van der Waals surface area contributed by atoms with Crippen molar-refractivity contribution in [3.05, 3.63) is 0 Å². The Morgan fingerprint density at radius 2 is 1.27 bits per heavy atom. The second kappa shape index (κ2) is 9.93. The topological polar surface area (TPSA) is 60.4 Å². The zero-order chi connectivity index (χ0) is 12.3. The van der Waals surface area contributed by atoms with E-state index in [1.165, 1.54) is 0 Å². The quantitative estimate of drug-likeness (QED) is 0.539. The number of hydrogen-bond acceptors (Lipinski definition) is 3. The predicted octanol–water partition coefficient (Wildman–Crippen LogP) is 1.18. The maximum Gasteiger partial charge on any atom is 0.108 e. The molecule has 0 radical (unpaired) electrons. The van der Waals surface area contributed by atoms with E-state index in [-0.39, 0.29) is 4.65 Å². The normalized spacial score (nSPS) is 10.5. The summed E-state index contributed by atoms with van der Waals surface area (Å²) in [6.45, 7) is 10.0. The fourth-order valence-corrected chi connectivity index (χ4v) is 1.58. The molecule has 0 fully saturated rings. The van der Waals surface area contributed by atoms with Crippen molar-refractivity contribution in [1.29, 1.82) is 0 Å². The average Bonchev–Trinajstić information content (AvgIpc) is 2.03. The monoisotopic (exact) mass is 219 g/mol. The van der Waals surface area contributed by atoms with Gasteiger partial charge in [-0.25, -0.2) is 5.21 Å². The highest BCUT2D eigenvalue weighted by Gasteiger charge is 2.21. The van der Waals surface area contributed by atoms with Crippen LogP contribution in [0.4, 0.5) is 0 Å². The van der Waals surface area contributed by atoms with E-state index in [9.17, 15) is 5.21 Å². The molecule has 15 heavy (non-hydrogen) atoms. The zero-order valence-corrected chi connectivity index (χ0v) is 10.5. The summed E-state index contributed by atoms with van der Waals surface area (Å²) in [7, 11) is 0. The van der Waals surface area contributed by atoms with Crippen LogP contribution in [0.15, 0.2) is 0 Å². The number of nitrogens with zero attached hydrogens (tertiary/aromatic N) is 1. The lowest BCUT2D eigenvalue weighted by Gasteiger charge is -2.29. The first-order valence-electron chi connectivity index (χ1n) is 5.68. The number of aliphatic carboxylic acids is 1. The molecule has 4 heteroatoms. The van der Waals surface area contributed by atoms with Gasteiger partial charge >= 0.3 is 0 Å². The summed E-state index contributed by atoms with van der Waals surface area (Å²) in [5.41, 5.74) is 0. The Kier molecular flexibility index (Phi) is 11.1. The highest BCUT2D eigenvalue weighted by molar-refractivity contribution is 5.60. The van der Waals surface area contributed by atoms with Crippen molar-refractivity contribution >= 4 is 5.97 Å². The smallest absolute Gasteiger partial charge is 0.108 e. The fourth-order valence-electron chi connectivity index (χ4n) is 1.58. The molecule has 0 aromatic rings. The molecule has 0 atom stereocenters. The van der Waals surface area contributed by atoms with Gasteiger partial charge in [-0.05, 0) is 26.2 Å². The fraction of sp³-hybridized carbons (Fsp3) is 0.909. The number of carbonyl (C=O) groups is 1. The van der Waals surface area contributed by atoms with Crippen LogP contribution in [-0.4, -0.2) is 35.5 Å². The van der Waals surface area contributed by atoms with Gasteiger partial charge in [0.05, 0.1) is 0 Å². The summed E-state index contributed by atoms with van der Waals surface area (Å²) in [6, 6.07) is 0. The SMILES string of the molecule is CC(=O)[O-].CCC[N+](O)(CCC)CCC. The van der Waals surface area contributed by atoms with Gasteiger partial charge in [0.1, 0.15) is 19.6 Å². The number of carboxylic acid groups (broad SMARTS) is 1. The van der Waals surface area contributed by atoms with Gasteiger partial charge in [-0.2, -0.15) is 4.65 Å². The van der Waals surface area contributed by atoms with E-state index in [0.717, 1.165) is 45.8 Å². The van der Waals surface area contributed by atoms with Crippen LogP contribution in [0.3, 0.4) is 0 Å². The number of carboxylic acids is 1. The molecule has 92 valence electrons. The maximum absolute atomic E-state index is 9.95. The second-order valence-corrected chi connectivity index (χ2v) is 3.76. The zero-order valence-electron chi connectivity index (χ0n) is 10.5. The molecule has 0 amide bonds. The number of quaternary nitrogens is 1. The van der Waals surface area contributed by atoms with Crippen molar-refractivity contribution in [2.75, 3.05) is 19.6 Å². The average molecular weight is 219 g/mol. The third-order valence-electron chi connectivity index (χ3n) is 1.92. The van der Waals surface area contributed by atoms with Crippen LogP contribution in [0, 0.1) is 0 Å². The Labute approximate surface area is 93.1 Å². The van der Waals surface area contributed by atoms with Crippen LogP contribution >= 0.6 is 0 Å². The maximum atomic E-state index is 9.95. The van der Waals surface area contributed by atoms with Gasteiger partial charge in [0.15, 0.2) is 0 Å². The van der Waals surface area contributed by atoms with Gasteiger partial charge in [0.25, 0.3) is 0 Å². The van der Waals surface area contributed by atoms with Crippen molar-refractivity contribution in [2.24, 2.45) is 0 Å². The minimum atomic E-state index is -1.08. The molecule has 0 rings (SSSR count). The first-order valence-corrected chi connectivity index (χ1v) is 5.68. The number of hydrogen-bond donors (Lipinski definition) is 1. The first kappa shape index (κ1) is 16.8. The Morgan fingerprint density at radius 1 is 1.07 bits per heavy atom. The molecule has 0 aromatic carbocycles. The van der Waals surface area contributed by atoms with E-state index in [1.54, 1.807) is 0 Å². The van der Waals surface area contributed by atoms with Gasteiger partial charge in [-0.1, -0.05) is 20.8 Å². The molecule has 0 aliphatic carbocycles. The van der Waals surface area contributed by atoms with E-state index >= 15 is 0 Å². The molecule has 0 aromatic heterocycles. The standard InChI is InChI=1S/C9H22NO.C2H4O2/c1-4-7-10(11,8-5-2)9-6-3;1-2(3)4/h11H,4-9H2,1-3H3;1H3,(H,3,4)/q+1;/p-1. The van der Waals surface area contributed by atoms with Crippen LogP contribution < -0.4 is 5.11 Å². The van der Waals surface area contributed by atoms with Crippen LogP contribution in [0.1, 0.15) is 47.0 Å². The van der Waals surface area contributed by atoms with Gasteiger partial charge < -0.3 is 9.90 Å². The lowest BCUT2D eigenvalue weighted by molar-refractivity contribution is -1.10. The van der Waals surface area contributed by atoms with Crippen LogP contribution in [0.5, 0.6) is 0 Å². The third-order valence-corrected chi connectivity index (χ3v) is 1.92. The lowest BCUT2D eigenvalue weighted by atomic mass is 10.3. The Hall–Kier alpha value is -0.610. The summed E-state index contributed by atoms with van der Waals surface area (Å²) >= 11 is 0. The Balaban J connectivity index is 0. The van der Waals surface area contributed by atoms with E-state index < -0.39 is 5.97 Å². The molecule has 0 aliphatic heterocycles. The molecule has 0 aliphatic rings. The molecule has 1 N–H and O–H groups in total. The first-order chi connectivity index (χ1) is 6.91. The van der Waals surface area contributed by atoms with Crippen molar-refractivity contribution < 1.29 is 19.8 Å². The van der Waals surface area contributed by atoms with Crippen molar-refractivity contribution in [3.63, 3.8) is 0 Å². The molecule has 0 heterocycles. The Bertz CT molecular complexity index is 139. The summed E-state index contributed by atoms with van der Waals surface area (Å²) < 4.78 is 0.281. The largest absolute Gasteiger partial charge is 0.550 e. The number of rotatable bonds is 6. The lowest BCUT2D eigenvalue weighted by Crippen LogP contribution is -2.46. The minimum Gasteiger partial charge on any atom is -0.550 e. The van der Waals surface area contributed by atoms with E-state index in [2.05, 4.69) is 20.8 Å².